The molecular weight excluding hydrogens is 158 g/mol. The molecule has 0 bridgehead atoms. The molecule has 0 radical (unpaired) electrons. The van der Waals surface area contributed by atoms with Crippen molar-refractivity contribution in [2.45, 2.75) is 13.3 Å². The normalized spacial score (nSPS) is 10.3. The van der Waals surface area contributed by atoms with E-state index < -0.39 is 6.43 Å². The van der Waals surface area contributed by atoms with Crippen LogP contribution in [0.5, 0.6) is 0 Å². The lowest BCUT2D eigenvalue weighted by atomic mass is 10.1. The fourth-order valence-electron chi connectivity index (χ4n) is 0.971. The van der Waals surface area contributed by atoms with Gasteiger partial charge in [-0.1, -0.05) is 36.4 Å². The van der Waals surface area contributed by atoms with Gasteiger partial charge in [-0.15, -0.1) is 0 Å². The van der Waals surface area contributed by atoms with Crippen molar-refractivity contribution in [1.29, 1.82) is 0 Å². The van der Waals surface area contributed by atoms with Crippen LogP contribution >= 0.6 is 0 Å². The van der Waals surface area contributed by atoms with Gasteiger partial charge in [-0.25, -0.2) is 8.78 Å². The predicted octanol–water partition coefficient (Wildman–Crippen LogP) is 3.27. The minimum Gasteiger partial charge on any atom is -0.205 e. The van der Waals surface area contributed by atoms with Gasteiger partial charge in [-0.2, -0.15) is 0 Å². The first kappa shape index (κ1) is 8.91. The molecule has 0 saturated carbocycles. The molecule has 0 atom stereocenters. The van der Waals surface area contributed by atoms with Gasteiger partial charge in [0.2, 0.25) is 0 Å². The highest BCUT2D eigenvalue weighted by molar-refractivity contribution is 5.65. The van der Waals surface area contributed by atoms with Crippen molar-refractivity contribution in [3.8, 4) is 0 Å². The van der Waals surface area contributed by atoms with E-state index >= 15 is 0 Å². The average molecular weight is 168 g/mol. The molecule has 0 aliphatic heterocycles. The second-order valence-corrected chi connectivity index (χ2v) is 2.70. The number of hydrogen-bond donors (Lipinski definition) is 0. The number of halogens is 2. The fraction of sp³-hybridized carbons (Fsp3) is 0.200. The van der Waals surface area contributed by atoms with Crippen LogP contribution in [0.25, 0.3) is 5.57 Å². The van der Waals surface area contributed by atoms with Gasteiger partial charge < -0.3 is 0 Å². The van der Waals surface area contributed by atoms with Crippen molar-refractivity contribution < 1.29 is 8.78 Å². The summed E-state index contributed by atoms with van der Waals surface area (Å²) in [6.07, 6.45) is -2.47. The zero-order valence-electron chi connectivity index (χ0n) is 6.85. The monoisotopic (exact) mass is 168 g/mol. The molecule has 0 aliphatic rings. The topological polar surface area (TPSA) is 0 Å². The Kier molecular flexibility index (Phi) is 2.58. The number of allylic oxidation sites excluding steroid dienone is 1. The van der Waals surface area contributed by atoms with Crippen molar-refractivity contribution in [2.24, 2.45) is 0 Å². The molecule has 0 N–H and O–H groups in total. The zero-order chi connectivity index (χ0) is 9.14. The summed E-state index contributed by atoms with van der Waals surface area (Å²) in [5.41, 5.74) is 1.37. The summed E-state index contributed by atoms with van der Waals surface area (Å²) in [6.45, 7) is 5.18. The van der Waals surface area contributed by atoms with Crippen LogP contribution in [0.3, 0.4) is 0 Å². The van der Waals surface area contributed by atoms with Crippen LogP contribution in [-0.2, 0) is 0 Å². The number of hydrogen-bond acceptors (Lipinski definition) is 0. The van der Waals surface area contributed by atoms with E-state index in [1.54, 1.807) is 18.2 Å². The highest BCUT2D eigenvalue weighted by Crippen LogP contribution is 2.20. The van der Waals surface area contributed by atoms with Crippen LogP contribution in [-0.4, -0.2) is 6.43 Å². The number of benzene rings is 1. The Hall–Kier alpha value is -1.18. The quantitative estimate of drug-likeness (QED) is 0.635. The summed E-state index contributed by atoms with van der Waals surface area (Å²) in [6, 6.07) is 6.95. The first-order chi connectivity index (χ1) is 5.61. The molecule has 1 aromatic rings. The van der Waals surface area contributed by atoms with Crippen molar-refractivity contribution in [3.05, 3.63) is 42.0 Å². The second kappa shape index (κ2) is 3.48. The Balaban J connectivity index is 2.96. The Morgan fingerprint density at radius 2 is 2.08 bits per heavy atom. The van der Waals surface area contributed by atoms with Gasteiger partial charge in [0.15, 0.2) is 0 Å². The SMILES string of the molecule is C=C(c1cccc(C)c1)C(F)F. The number of aryl methyl sites for hydroxylation is 1. The molecule has 0 saturated heterocycles. The van der Waals surface area contributed by atoms with Gasteiger partial charge >= 0.3 is 0 Å². The minimum absolute atomic E-state index is 0.112. The van der Waals surface area contributed by atoms with Crippen molar-refractivity contribution in [2.75, 3.05) is 0 Å². The van der Waals surface area contributed by atoms with Crippen molar-refractivity contribution in [3.63, 3.8) is 0 Å². The van der Waals surface area contributed by atoms with Crippen LogP contribution in [0.2, 0.25) is 0 Å². The summed E-state index contributed by atoms with van der Waals surface area (Å²) < 4.78 is 24.3. The Morgan fingerprint density at radius 1 is 1.42 bits per heavy atom. The summed E-state index contributed by atoms with van der Waals surface area (Å²) in [5, 5.41) is 0. The van der Waals surface area contributed by atoms with E-state index in [-0.39, 0.29) is 5.57 Å². The summed E-state index contributed by atoms with van der Waals surface area (Å²) in [7, 11) is 0. The molecule has 0 heterocycles. The first-order valence-corrected chi connectivity index (χ1v) is 3.65. The van der Waals surface area contributed by atoms with E-state index in [1.807, 2.05) is 13.0 Å². The smallest absolute Gasteiger partial charge is 0.205 e. The Morgan fingerprint density at radius 3 is 2.58 bits per heavy atom. The summed E-state index contributed by atoms with van der Waals surface area (Å²) in [4.78, 5) is 0. The maximum atomic E-state index is 12.1. The van der Waals surface area contributed by atoms with Gasteiger partial charge in [0.1, 0.15) is 0 Å². The van der Waals surface area contributed by atoms with Crippen LogP contribution in [0.15, 0.2) is 30.8 Å². The first-order valence-electron chi connectivity index (χ1n) is 3.65. The standard InChI is InChI=1S/C10H10F2/c1-7-4-3-5-9(6-7)8(2)10(11)12/h3-6,10H,2H2,1H3. The molecule has 0 nitrogen and oxygen atoms in total. The number of alkyl halides is 2. The minimum atomic E-state index is -2.47. The third kappa shape index (κ3) is 1.91. The van der Waals surface area contributed by atoms with E-state index in [2.05, 4.69) is 6.58 Å². The van der Waals surface area contributed by atoms with Gasteiger partial charge in [0.05, 0.1) is 0 Å². The van der Waals surface area contributed by atoms with Crippen LogP contribution in [0.1, 0.15) is 11.1 Å². The maximum Gasteiger partial charge on any atom is 0.263 e. The number of rotatable bonds is 2. The third-order valence-corrected chi connectivity index (χ3v) is 1.65. The average Bonchev–Trinajstić information content (AvgIpc) is 2.03. The predicted molar refractivity (Wildman–Crippen MR) is 46.2 cm³/mol. The summed E-state index contributed by atoms with van der Waals surface area (Å²) in [5.74, 6) is 0. The molecule has 2 heteroatoms. The third-order valence-electron chi connectivity index (χ3n) is 1.65. The van der Waals surface area contributed by atoms with E-state index in [9.17, 15) is 8.78 Å². The van der Waals surface area contributed by atoms with E-state index in [1.165, 1.54) is 0 Å². The van der Waals surface area contributed by atoms with Gasteiger partial charge in [-0.3, -0.25) is 0 Å². The van der Waals surface area contributed by atoms with Crippen LogP contribution < -0.4 is 0 Å². The lowest BCUT2D eigenvalue weighted by Gasteiger charge is -2.04. The van der Waals surface area contributed by atoms with Gasteiger partial charge in [0.25, 0.3) is 6.43 Å². The fourth-order valence-corrected chi connectivity index (χ4v) is 0.971. The van der Waals surface area contributed by atoms with Gasteiger partial charge in [-0.05, 0) is 12.5 Å². The molecule has 0 amide bonds. The highest BCUT2D eigenvalue weighted by Gasteiger charge is 2.09. The lowest BCUT2D eigenvalue weighted by Crippen LogP contribution is -1.94. The van der Waals surface area contributed by atoms with E-state index in [0.717, 1.165) is 5.56 Å². The van der Waals surface area contributed by atoms with Crippen molar-refractivity contribution in [1.82, 2.24) is 0 Å². The van der Waals surface area contributed by atoms with E-state index in [4.69, 9.17) is 0 Å². The molecule has 0 spiro atoms. The molecule has 1 aromatic carbocycles. The van der Waals surface area contributed by atoms with Crippen LogP contribution in [0, 0.1) is 6.92 Å². The molecule has 0 fully saturated rings. The largest absolute Gasteiger partial charge is 0.263 e. The molecule has 1 rings (SSSR count). The maximum absolute atomic E-state index is 12.1. The van der Waals surface area contributed by atoms with Gasteiger partial charge in [0, 0.05) is 5.57 Å². The zero-order valence-corrected chi connectivity index (χ0v) is 6.85. The highest BCUT2D eigenvalue weighted by atomic mass is 19.3. The molecule has 0 aromatic heterocycles. The lowest BCUT2D eigenvalue weighted by molar-refractivity contribution is 0.215. The molecule has 0 unspecified atom stereocenters. The van der Waals surface area contributed by atoms with Crippen molar-refractivity contribution >= 4 is 5.57 Å². The molecule has 12 heavy (non-hydrogen) atoms. The molecule has 64 valence electrons. The molecular formula is C10H10F2. The second-order valence-electron chi connectivity index (χ2n) is 2.70. The summed E-state index contributed by atoms with van der Waals surface area (Å²) >= 11 is 0. The van der Waals surface area contributed by atoms with E-state index in [0.29, 0.717) is 5.56 Å². The Bertz CT molecular complexity index is 290. The Labute approximate surface area is 70.5 Å². The van der Waals surface area contributed by atoms with Crippen LogP contribution in [0.4, 0.5) is 8.78 Å². The molecule has 0 aliphatic carbocycles.